The van der Waals surface area contributed by atoms with Crippen molar-refractivity contribution in [2.24, 2.45) is 0 Å². The molecule has 0 saturated heterocycles. The van der Waals surface area contributed by atoms with E-state index >= 15 is 0 Å². The van der Waals surface area contributed by atoms with Gasteiger partial charge in [0, 0.05) is 10.3 Å². The van der Waals surface area contributed by atoms with Crippen LogP contribution in [-0.4, -0.2) is 33.1 Å². The van der Waals surface area contributed by atoms with Crippen LogP contribution in [0.1, 0.15) is 4.88 Å². The van der Waals surface area contributed by atoms with E-state index in [1.54, 1.807) is 41.8 Å². The molecule has 1 amide bonds. The predicted octanol–water partition coefficient (Wildman–Crippen LogP) is 3.80. The molecule has 0 aliphatic carbocycles. The number of fused-ring (bicyclic) bond motifs is 3. The molecule has 0 radical (unpaired) electrons. The Kier molecular flexibility index (Phi) is 4.87. The van der Waals surface area contributed by atoms with Crippen molar-refractivity contribution in [3.63, 3.8) is 0 Å². The van der Waals surface area contributed by atoms with Crippen molar-refractivity contribution in [1.29, 1.82) is 0 Å². The molecule has 0 aliphatic rings. The lowest BCUT2D eigenvalue weighted by atomic mass is 10.2. The summed E-state index contributed by atoms with van der Waals surface area (Å²) in [4.78, 5) is 30.8. The number of alkyl halides is 3. The summed E-state index contributed by atoms with van der Waals surface area (Å²) in [5, 5.41) is 2.37. The molecule has 0 bridgehead atoms. The Morgan fingerprint density at radius 1 is 1.21 bits per heavy atom. The molecule has 29 heavy (non-hydrogen) atoms. The van der Waals surface area contributed by atoms with Crippen LogP contribution in [0.5, 0.6) is 0 Å². The van der Waals surface area contributed by atoms with E-state index in [0.717, 1.165) is 10.9 Å². The van der Waals surface area contributed by atoms with Gasteiger partial charge in [0.1, 0.15) is 24.2 Å². The van der Waals surface area contributed by atoms with Crippen molar-refractivity contribution in [3.8, 4) is 0 Å². The van der Waals surface area contributed by atoms with E-state index in [0.29, 0.717) is 26.3 Å². The largest absolute Gasteiger partial charge is 0.448 e. The van der Waals surface area contributed by atoms with Crippen molar-refractivity contribution in [2.75, 3.05) is 6.54 Å². The van der Waals surface area contributed by atoms with E-state index in [1.165, 1.54) is 11.3 Å². The molecule has 3 aromatic heterocycles. The summed E-state index contributed by atoms with van der Waals surface area (Å²) < 4.78 is 45.4. The molecule has 4 aromatic rings. The van der Waals surface area contributed by atoms with Gasteiger partial charge in [-0.15, -0.1) is 11.3 Å². The molecule has 150 valence electrons. The lowest BCUT2D eigenvalue weighted by Gasteiger charge is -2.23. The summed E-state index contributed by atoms with van der Waals surface area (Å²) in [6.45, 7) is -2.16. The Balaban J connectivity index is 1.64. The van der Waals surface area contributed by atoms with Crippen LogP contribution < -0.4 is 5.56 Å². The highest BCUT2D eigenvalue weighted by Gasteiger charge is 2.33. The van der Waals surface area contributed by atoms with Gasteiger partial charge in [-0.2, -0.15) is 13.2 Å². The summed E-state index contributed by atoms with van der Waals surface area (Å²) in [5.41, 5.74) is 0.150. The Morgan fingerprint density at radius 2 is 2.00 bits per heavy atom. The number of carbonyl (C=O) groups is 1. The van der Waals surface area contributed by atoms with Crippen LogP contribution in [0, 0.1) is 0 Å². The van der Waals surface area contributed by atoms with Crippen LogP contribution in [0.25, 0.3) is 22.1 Å². The number of thiophene rings is 1. The van der Waals surface area contributed by atoms with Crippen LogP contribution in [0.15, 0.2) is 57.3 Å². The number of aromatic nitrogens is 2. The van der Waals surface area contributed by atoms with Gasteiger partial charge in [0.15, 0.2) is 0 Å². The number of benzene rings is 1. The third-order valence-corrected chi connectivity index (χ3v) is 5.17. The number of para-hydroxylation sites is 1. The molecule has 0 unspecified atom stereocenters. The summed E-state index contributed by atoms with van der Waals surface area (Å²) in [6, 6.07) is 10.3. The number of hydrogen-bond donors (Lipinski definition) is 0. The second-order valence-corrected chi connectivity index (χ2v) is 7.43. The summed E-state index contributed by atoms with van der Waals surface area (Å²) >= 11 is 1.25. The zero-order chi connectivity index (χ0) is 20.6. The van der Waals surface area contributed by atoms with Crippen molar-refractivity contribution < 1.29 is 22.4 Å². The molecule has 4 rings (SSSR count). The Hall–Kier alpha value is -3.14. The molecular formula is C19H14F3N3O3S. The molecule has 10 heteroatoms. The smallest absolute Gasteiger partial charge is 0.406 e. The topological polar surface area (TPSA) is 68.3 Å². The Bertz CT molecular complexity index is 1230. The van der Waals surface area contributed by atoms with Gasteiger partial charge in [0.25, 0.3) is 5.56 Å². The van der Waals surface area contributed by atoms with E-state index in [9.17, 15) is 22.8 Å². The number of amides is 1. The first-order chi connectivity index (χ1) is 13.8. The number of halogens is 3. The minimum atomic E-state index is -4.56. The van der Waals surface area contributed by atoms with E-state index in [-0.39, 0.29) is 12.1 Å². The molecule has 0 N–H and O–H groups in total. The molecule has 0 aliphatic heterocycles. The van der Waals surface area contributed by atoms with Gasteiger partial charge in [0.05, 0.1) is 12.9 Å². The fourth-order valence-corrected chi connectivity index (χ4v) is 3.73. The molecule has 0 spiro atoms. The van der Waals surface area contributed by atoms with Gasteiger partial charge in [-0.25, -0.2) is 4.98 Å². The first kappa shape index (κ1) is 19.2. The Morgan fingerprint density at radius 3 is 2.72 bits per heavy atom. The molecule has 0 saturated carbocycles. The lowest BCUT2D eigenvalue weighted by Crippen LogP contribution is -2.41. The predicted molar refractivity (Wildman–Crippen MR) is 102 cm³/mol. The third kappa shape index (κ3) is 4.02. The highest BCUT2D eigenvalue weighted by molar-refractivity contribution is 7.09. The summed E-state index contributed by atoms with van der Waals surface area (Å²) in [6.07, 6.45) is -3.40. The third-order valence-electron chi connectivity index (χ3n) is 4.31. The standard InChI is InChI=1S/C19H14F3N3O3S/c20-19(21,22)10-24(8-12-4-3-7-29-12)15(26)9-25-11-23-16-13-5-1-2-6-14(13)28-17(16)18(25)27/h1-7,11H,8-10H2. The van der Waals surface area contributed by atoms with Crippen molar-refractivity contribution in [1.82, 2.24) is 14.5 Å². The molecule has 3 heterocycles. The second kappa shape index (κ2) is 7.36. The van der Waals surface area contributed by atoms with Crippen LogP contribution in [0.3, 0.4) is 0 Å². The monoisotopic (exact) mass is 421 g/mol. The maximum atomic E-state index is 13.0. The van der Waals surface area contributed by atoms with E-state index in [2.05, 4.69) is 4.98 Å². The number of furan rings is 1. The highest BCUT2D eigenvalue weighted by atomic mass is 32.1. The molecule has 6 nitrogen and oxygen atoms in total. The average Bonchev–Trinajstić information content (AvgIpc) is 3.30. The molecule has 0 fully saturated rings. The fourth-order valence-electron chi connectivity index (χ4n) is 3.01. The number of nitrogens with zero attached hydrogens (tertiary/aromatic N) is 3. The fraction of sp³-hybridized carbons (Fsp3) is 0.211. The maximum Gasteiger partial charge on any atom is 0.406 e. The summed E-state index contributed by atoms with van der Waals surface area (Å²) in [5.74, 6) is -0.838. The van der Waals surface area contributed by atoms with Crippen molar-refractivity contribution in [3.05, 3.63) is 63.3 Å². The van der Waals surface area contributed by atoms with Crippen LogP contribution in [0.2, 0.25) is 0 Å². The van der Waals surface area contributed by atoms with Gasteiger partial charge < -0.3 is 9.32 Å². The quantitative estimate of drug-likeness (QED) is 0.492. The van der Waals surface area contributed by atoms with Gasteiger partial charge in [0.2, 0.25) is 11.5 Å². The first-order valence-electron chi connectivity index (χ1n) is 8.55. The normalized spacial score (nSPS) is 12.0. The van der Waals surface area contributed by atoms with Crippen LogP contribution in [-0.2, 0) is 17.9 Å². The zero-order valence-corrected chi connectivity index (χ0v) is 15.7. The molecule has 0 atom stereocenters. The maximum absolute atomic E-state index is 13.0. The van der Waals surface area contributed by atoms with Gasteiger partial charge in [-0.1, -0.05) is 18.2 Å². The second-order valence-electron chi connectivity index (χ2n) is 6.40. The SMILES string of the molecule is O=C(Cn1cnc2c(oc3ccccc32)c1=O)N(Cc1cccs1)CC(F)(F)F. The average molecular weight is 421 g/mol. The van der Waals surface area contributed by atoms with E-state index in [4.69, 9.17) is 4.42 Å². The minimum absolute atomic E-state index is 0.0397. The number of rotatable bonds is 5. The lowest BCUT2D eigenvalue weighted by molar-refractivity contribution is -0.162. The van der Waals surface area contributed by atoms with E-state index in [1.807, 2.05) is 0 Å². The molecular weight excluding hydrogens is 407 g/mol. The first-order valence-corrected chi connectivity index (χ1v) is 9.43. The minimum Gasteiger partial charge on any atom is -0.448 e. The summed E-state index contributed by atoms with van der Waals surface area (Å²) in [7, 11) is 0. The van der Waals surface area contributed by atoms with Gasteiger partial charge in [-0.3, -0.25) is 14.2 Å². The van der Waals surface area contributed by atoms with Gasteiger partial charge >= 0.3 is 6.18 Å². The van der Waals surface area contributed by atoms with Crippen molar-refractivity contribution in [2.45, 2.75) is 19.3 Å². The zero-order valence-electron chi connectivity index (χ0n) is 14.8. The number of hydrogen-bond acceptors (Lipinski definition) is 5. The van der Waals surface area contributed by atoms with Crippen LogP contribution >= 0.6 is 11.3 Å². The van der Waals surface area contributed by atoms with Crippen LogP contribution in [0.4, 0.5) is 13.2 Å². The van der Waals surface area contributed by atoms with Gasteiger partial charge in [-0.05, 0) is 23.6 Å². The molecule has 1 aromatic carbocycles. The van der Waals surface area contributed by atoms with Crippen molar-refractivity contribution >= 4 is 39.3 Å². The Labute approximate surface area is 165 Å². The number of carbonyl (C=O) groups excluding carboxylic acids is 1. The highest BCUT2D eigenvalue weighted by Crippen LogP contribution is 2.24. The van der Waals surface area contributed by atoms with E-state index < -0.39 is 30.7 Å².